The fourth-order valence-corrected chi connectivity index (χ4v) is 5.97. The summed E-state index contributed by atoms with van der Waals surface area (Å²) in [5, 5.41) is 5.27. The Morgan fingerprint density at radius 2 is 1.85 bits per heavy atom. The summed E-state index contributed by atoms with van der Waals surface area (Å²) in [7, 11) is -1.68. The number of aryl methyl sites for hydroxylation is 1. The highest BCUT2D eigenvalue weighted by atomic mass is 32.2. The Hall–Kier alpha value is -2.94. The lowest BCUT2D eigenvalue weighted by Gasteiger charge is -2.21. The monoisotopic (exact) mass is 470 g/mol. The maximum atomic E-state index is 13.3. The summed E-state index contributed by atoms with van der Waals surface area (Å²) in [5.74, 6) is -0.0381. The second-order valence-corrected chi connectivity index (χ2v) is 11.2. The minimum atomic E-state index is -3.28. The van der Waals surface area contributed by atoms with Gasteiger partial charge in [0, 0.05) is 26.3 Å². The van der Waals surface area contributed by atoms with Gasteiger partial charge in [0.2, 0.25) is 5.91 Å². The molecule has 1 saturated carbocycles. The molecule has 176 valence electrons. The van der Waals surface area contributed by atoms with Crippen molar-refractivity contribution in [3.63, 3.8) is 0 Å². The van der Waals surface area contributed by atoms with Gasteiger partial charge in [-0.2, -0.15) is 0 Å². The van der Waals surface area contributed by atoms with Crippen molar-refractivity contribution in [2.75, 3.05) is 25.5 Å². The second-order valence-electron chi connectivity index (χ2n) is 8.97. The van der Waals surface area contributed by atoms with E-state index in [-0.39, 0.29) is 23.1 Å². The maximum Gasteiger partial charge on any atom is 0.317 e. The number of sulfone groups is 1. The first-order valence-corrected chi connectivity index (χ1v) is 12.9. The molecule has 1 aliphatic carbocycles. The quantitative estimate of drug-likeness (QED) is 0.646. The van der Waals surface area contributed by atoms with Gasteiger partial charge in [0.1, 0.15) is 5.82 Å². The molecule has 2 fully saturated rings. The number of benzene rings is 1. The molecule has 2 heterocycles. The Labute approximate surface area is 194 Å². The zero-order valence-corrected chi connectivity index (χ0v) is 19.8. The third-order valence-electron chi connectivity index (χ3n) is 6.41. The summed E-state index contributed by atoms with van der Waals surface area (Å²) >= 11 is 0. The second kappa shape index (κ2) is 9.51. The molecule has 33 heavy (non-hydrogen) atoms. The Bertz CT molecular complexity index is 1110. The van der Waals surface area contributed by atoms with Crippen molar-refractivity contribution in [3.05, 3.63) is 53.7 Å². The highest BCUT2D eigenvalue weighted by Gasteiger charge is 2.37. The van der Waals surface area contributed by atoms with Gasteiger partial charge < -0.3 is 15.5 Å². The van der Waals surface area contributed by atoms with Crippen LogP contribution in [0.4, 0.5) is 10.6 Å². The van der Waals surface area contributed by atoms with Crippen LogP contribution in [0.2, 0.25) is 0 Å². The number of hydrogen-bond donors (Lipinski definition) is 2. The molecule has 4 rings (SSSR count). The van der Waals surface area contributed by atoms with Gasteiger partial charge in [0.25, 0.3) is 0 Å². The number of anilines is 1. The van der Waals surface area contributed by atoms with E-state index in [1.807, 2.05) is 13.0 Å². The maximum absolute atomic E-state index is 13.3. The molecule has 9 heteroatoms. The number of nitrogens with zero attached hydrogens (tertiary/aromatic N) is 2. The Morgan fingerprint density at radius 1 is 1.12 bits per heavy atom. The van der Waals surface area contributed by atoms with Crippen LogP contribution in [0.15, 0.2) is 47.5 Å². The predicted molar refractivity (Wildman–Crippen MR) is 126 cm³/mol. The van der Waals surface area contributed by atoms with Crippen LogP contribution in [0.5, 0.6) is 0 Å². The topological polar surface area (TPSA) is 108 Å². The summed E-state index contributed by atoms with van der Waals surface area (Å²) in [6.07, 6.45) is 4.48. The Morgan fingerprint density at radius 3 is 2.45 bits per heavy atom. The van der Waals surface area contributed by atoms with Gasteiger partial charge in [-0.15, -0.1) is 0 Å². The van der Waals surface area contributed by atoms with E-state index < -0.39 is 15.8 Å². The molecule has 8 nitrogen and oxygen atoms in total. The van der Waals surface area contributed by atoms with Gasteiger partial charge in [-0.25, -0.2) is 18.2 Å². The van der Waals surface area contributed by atoms with E-state index in [4.69, 9.17) is 0 Å². The van der Waals surface area contributed by atoms with Gasteiger partial charge >= 0.3 is 6.03 Å². The van der Waals surface area contributed by atoms with Crippen LogP contribution in [-0.4, -0.2) is 55.6 Å². The Kier molecular flexibility index (Phi) is 6.69. The first-order chi connectivity index (χ1) is 15.8. The van der Waals surface area contributed by atoms with Crippen LogP contribution >= 0.6 is 0 Å². The number of pyridine rings is 1. The molecule has 0 radical (unpaired) electrons. The molecule has 2 aliphatic rings. The van der Waals surface area contributed by atoms with Crippen LogP contribution < -0.4 is 10.6 Å². The van der Waals surface area contributed by atoms with Gasteiger partial charge in [0.15, 0.2) is 9.84 Å². The van der Waals surface area contributed by atoms with E-state index in [0.717, 1.165) is 17.5 Å². The van der Waals surface area contributed by atoms with E-state index in [9.17, 15) is 18.0 Å². The van der Waals surface area contributed by atoms with Crippen molar-refractivity contribution in [1.29, 1.82) is 0 Å². The molecule has 1 saturated heterocycles. The third-order valence-corrected chi connectivity index (χ3v) is 8.69. The predicted octanol–water partition coefficient (Wildman–Crippen LogP) is 3.10. The highest BCUT2D eigenvalue weighted by molar-refractivity contribution is 7.92. The van der Waals surface area contributed by atoms with Crippen molar-refractivity contribution in [1.82, 2.24) is 15.2 Å². The molecule has 1 aromatic heterocycles. The third kappa shape index (κ3) is 5.35. The number of aromatic nitrogens is 1. The summed E-state index contributed by atoms with van der Waals surface area (Å²) in [6.45, 7) is 3.16. The standard InChI is InChI=1S/C24H30N4O4S/c1-16-3-10-22(26-14-16)27-23(29)21(13-17-11-12-28(15-17)24(30)25-2)18-4-6-19(7-5-18)33(31,32)20-8-9-20/h3-7,10,14,17,20-21H,8-9,11-13,15H2,1-2H3,(H,25,30)(H,26,27,29)/t17-,21?/m1/s1. The molecule has 2 N–H and O–H groups in total. The average Bonchev–Trinajstić information content (AvgIpc) is 3.58. The molecule has 0 spiro atoms. The van der Waals surface area contributed by atoms with Gasteiger partial charge in [-0.05, 0) is 67.9 Å². The van der Waals surface area contributed by atoms with Crippen molar-refractivity contribution >= 4 is 27.6 Å². The molecule has 2 atom stereocenters. The van der Waals surface area contributed by atoms with E-state index >= 15 is 0 Å². The first kappa shape index (κ1) is 23.2. The van der Waals surface area contributed by atoms with E-state index in [0.29, 0.717) is 43.1 Å². The number of likely N-dealkylation sites (tertiary alicyclic amines) is 1. The summed E-state index contributed by atoms with van der Waals surface area (Å²) in [6, 6.07) is 10.2. The number of carbonyl (C=O) groups is 2. The van der Waals surface area contributed by atoms with Crippen LogP contribution in [0.25, 0.3) is 0 Å². The van der Waals surface area contributed by atoms with Gasteiger partial charge in [-0.1, -0.05) is 18.2 Å². The number of amides is 3. The lowest BCUT2D eigenvalue weighted by atomic mass is 9.87. The zero-order valence-electron chi connectivity index (χ0n) is 19.0. The van der Waals surface area contributed by atoms with Crippen LogP contribution in [0.1, 0.15) is 42.7 Å². The van der Waals surface area contributed by atoms with Crippen molar-refractivity contribution in [2.24, 2.45) is 5.92 Å². The molecule has 1 aromatic carbocycles. The number of rotatable bonds is 7. The molecule has 0 bridgehead atoms. The van der Waals surface area contributed by atoms with Crippen molar-refractivity contribution in [3.8, 4) is 0 Å². The zero-order chi connectivity index (χ0) is 23.6. The average molecular weight is 471 g/mol. The lowest BCUT2D eigenvalue weighted by molar-refractivity contribution is -0.118. The molecule has 1 unspecified atom stereocenters. The van der Waals surface area contributed by atoms with Crippen molar-refractivity contribution < 1.29 is 18.0 Å². The van der Waals surface area contributed by atoms with Crippen LogP contribution in [0, 0.1) is 12.8 Å². The van der Waals surface area contributed by atoms with E-state index in [1.54, 1.807) is 48.5 Å². The summed E-state index contributed by atoms with van der Waals surface area (Å²) in [4.78, 5) is 31.6. The van der Waals surface area contributed by atoms with E-state index in [1.165, 1.54) is 0 Å². The van der Waals surface area contributed by atoms with Gasteiger partial charge in [0.05, 0.1) is 16.1 Å². The minimum absolute atomic E-state index is 0.114. The number of hydrogen-bond acceptors (Lipinski definition) is 5. The fraction of sp³-hybridized carbons (Fsp3) is 0.458. The van der Waals surface area contributed by atoms with Crippen molar-refractivity contribution in [2.45, 2.75) is 48.7 Å². The van der Waals surface area contributed by atoms with Crippen LogP contribution in [0.3, 0.4) is 0 Å². The molecule has 2 aromatic rings. The summed E-state index contributed by atoms with van der Waals surface area (Å²) in [5.41, 5.74) is 1.75. The smallest absolute Gasteiger partial charge is 0.317 e. The number of urea groups is 1. The normalized spacial score (nSPS) is 19.2. The van der Waals surface area contributed by atoms with Crippen LogP contribution in [-0.2, 0) is 14.6 Å². The molecular formula is C24H30N4O4S. The summed E-state index contributed by atoms with van der Waals surface area (Å²) < 4.78 is 25.1. The van der Waals surface area contributed by atoms with Gasteiger partial charge in [-0.3, -0.25) is 4.79 Å². The lowest BCUT2D eigenvalue weighted by Crippen LogP contribution is -2.36. The number of nitrogens with one attached hydrogen (secondary N) is 2. The fourth-order valence-electron chi connectivity index (χ4n) is 4.31. The molecule has 1 aliphatic heterocycles. The Balaban J connectivity index is 1.54. The molecule has 3 amide bonds. The first-order valence-electron chi connectivity index (χ1n) is 11.3. The molecular weight excluding hydrogens is 440 g/mol. The largest absolute Gasteiger partial charge is 0.341 e. The number of carbonyl (C=O) groups excluding carboxylic acids is 2. The highest BCUT2D eigenvalue weighted by Crippen LogP contribution is 2.35. The van der Waals surface area contributed by atoms with E-state index in [2.05, 4.69) is 15.6 Å². The SMILES string of the molecule is CNC(=O)N1CC[C@H](CC(C(=O)Nc2ccc(C)cn2)c2ccc(S(=O)(=O)C3CC3)cc2)C1. The minimum Gasteiger partial charge on any atom is -0.341 e.